The Bertz CT molecular complexity index is 1540. The number of carbonyl (C=O) groups is 1. The molecule has 9 nitrogen and oxygen atoms in total. The first-order valence-electron chi connectivity index (χ1n) is 11.4. The van der Waals surface area contributed by atoms with Crippen molar-refractivity contribution in [3.8, 4) is 0 Å². The van der Waals surface area contributed by atoms with Gasteiger partial charge in [0.2, 0.25) is 17.8 Å². The summed E-state index contributed by atoms with van der Waals surface area (Å²) in [5, 5.41) is 7.77. The number of rotatable bonds is 7. The minimum absolute atomic E-state index is 0.119. The van der Waals surface area contributed by atoms with Crippen LogP contribution in [0.5, 0.6) is 0 Å². The molecule has 0 spiro atoms. The lowest BCUT2D eigenvalue weighted by Gasteiger charge is -2.12. The zero-order chi connectivity index (χ0) is 24.5. The number of nitrogen functional groups attached to an aromatic ring is 1. The van der Waals surface area contributed by atoms with Gasteiger partial charge in [0.25, 0.3) is 5.78 Å². The zero-order valence-electron chi connectivity index (χ0n) is 19.5. The highest BCUT2D eigenvalue weighted by atomic mass is 35.5. The number of aromatic nitrogens is 6. The third-order valence-electron chi connectivity index (χ3n) is 6.05. The van der Waals surface area contributed by atoms with Crippen molar-refractivity contribution >= 4 is 46.2 Å². The van der Waals surface area contributed by atoms with Crippen LogP contribution in [0.1, 0.15) is 28.9 Å². The fourth-order valence-corrected chi connectivity index (χ4v) is 4.49. The number of nitrogens with one attached hydrogen (secondary N) is 1. The van der Waals surface area contributed by atoms with Gasteiger partial charge in [-0.2, -0.15) is 9.50 Å². The fraction of sp³-hybridized carbons (Fsp3) is 0.240. The molecule has 0 aliphatic carbocycles. The highest BCUT2D eigenvalue weighted by Crippen LogP contribution is 2.24. The number of anilines is 2. The molecular weight excluding hydrogens is 464 g/mol. The number of nitrogens with two attached hydrogens (primary N) is 1. The summed E-state index contributed by atoms with van der Waals surface area (Å²) in [6.07, 6.45) is 1.94. The van der Waals surface area contributed by atoms with Gasteiger partial charge in [-0.1, -0.05) is 41.9 Å². The maximum atomic E-state index is 13.1. The number of aryl methyl sites for hydroxylation is 4. The van der Waals surface area contributed by atoms with E-state index in [1.165, 1.54) is 5.56 Å². The number of fused-ring (bicyclic) bond motifs is 2. The number of imidazole rings is 1. The van der Waals surface area contributed by atoms with Crippen molar-refractivity contribution in [3.05, 3.63) is 76.1 Å². The largest absolute Gasteiger partial charge is 0.366 e. The molecule has 178 valence electrons. The van der Waals surface area contributed by atoms with Gasteiger partial charge in [-0.05, 0) is 50.5 Å². The first-order valence-corrected chi connectivity index (χ1v) is 11.7. The van der Waals surface area contributed by atoms with E-state index in [-0.39, 0.29) is 18.3 Å². The second-order valence-electron chi connectivity index (χ2n) is 8.48. The maximum Gasteiger partial charge on any atom is 0.254 e. The Balaban J connectivity index is 1.39. The second kappa shape index (κ2) is 9.34. The third kappa shape index (κ3) is 4.67. The summed E-state index contributed by atoms with van der Waals surface area (Å²) in [7, 11) is 0. The van der Waals surface area contributed by atoms with Gasteiger partial charge >= 0.3 is 0 Å². The van der Waals surface area contributed by atoms with E-state index in [1.807, 2.05) is 54.8 Å². The van der Waals surface area contributed by atoms with Crippen LogP contribution in [0.15, 0.2) is 48.5 Å². The molecule has 5 aromatic rings. The number of amides is 1. The highest BCUT2D eigenvalue weighted by Gasteiger charge is 2.18. The molecule has 3 aromatic heterocycles. The molecule has 0 atom stereocenters. The van der Waals surface area contributed by atoms with Crippen LogP contribution in [0.25, 0.3) is 16.8 Å². The van der Waals surface area contributed by atoms with Crippen molar-refractivity contribution in [2.45, 2.75) is 39.7 Å². The Morgan fingerprint density at radius 1 is 1.09 bits per heavy atom. The van der Waals surface area contributed by atoms with E-state index in [2.05, 4.69) is 37.5 Å². The average molecular weight is 489 g/mol. The molecule has 3 heterocycles. The van der Waals surface area contributed by atoms with Crippen molar-refractivity contribution in [3.63, 3.8) is 0 Å². The normalized spacial score (nSPS) is 11.4. The predicted octanol–water partition coefficient (Wildman–Crippen LogP) is 4.14. The summed E-state index contributed by atoms with van der Waals surface area (Å²) >= 11 is 6.20. The van der Waals surface area contributed by atoms with Gasteiger partial charge in [0.05, 0.1) is 17.5 Å². The van der Waals surface area contributed by atoms with E-state index >= 15 is 0 Å². The van der Waals surface area contributed by atoms with Crippen LogP contribution in [0.2, 0.25) is 5.02 Å². The van der Waals surface area contributed by atoms with Crippen molar-refractivity contribution in [1.29, 1.82) is 0 Å². The number of hydrogen-bond donors (Lipinski definition) is 2. The summed E-state index contributed by atoms with van der Waals surface area (Å²) < 4.78 is 3.59. The van der Waals surface area contributed by atoms with Crippen LogP contribution in [0.3, 0.4) is 0 Å². The van der Waals surface area contributed by atoms with E-state index in [1.54, 1.807) is 4.52 Å². The second-order valence-corrected chi connectivity index (χ2v) is 8.91. The summed E-state index contributed by atoms with van der Waals surface area (Å²) in [6.45, 7) is 4.42. The molecule has 2 aromatic carbocycles. The minimum Gasteiger partial charge on any atom is -0.366 e. The molecule has 0 aliphatic heterocycles. The van der Waals surface area contributed by atoms with Gasteiger partial charge in [-0.3, -0.25) is 10.1 Å². The maximum absolute atomic E-state index is 13.1. The van der Waals surface area contributed by atoms with Crippen LogP contribution in [0, 0.1) is 13.8 Å². The van der Waals surface area contributed by atoms with E-state index in [0.29, 0.717) is 29.0 Å². The molecule has 0 unspecified atom stereocenters. The summed E-state index contributed by atoms with van der Waals surface area (Å²) in [4.78, 5) is 26.3. The molecule has 5 rings (SSSR count). The Morgan fingerprint density at radius 3 is 2.69 bits per heavy atom. The molecule has 35 heavy (non-hydrogen) atoms. The first kappa shape index (κ1) is 22.8. The van der Waals surface area contributed by atoms with Crippen molar-refractivity contribution in [1.82, 2.24) is 29.1 Å². The van der Waals surface area contributed by atoms with Crippen LogP contribution < -0.4 is 11.1 Å². The molecule has 0 aliphatic rings. The molecule has 0 saturated heterocycles. The van der Waals surface area contributed by atoms with Crippen molar-refractivity contribution in [2.75, 3.05) is 11.1 Å². The molecule has 1 amide bonds. The quantitative estimate of drug-likeness (QED) is 0.355. The average Bonchev–Trinajstić information content (AvgIpc) is 3.36. The lowest BCUT2D eigenvalue weighted by Crippen LogP contribution is -2.20. The van der Waals surface area contributed by atoms with Gasteiger partial charge < -0.3 is 10.3 Å². The van der Waals surface area contributed by atoms with Crippen LogP contribution >= 0.6 is 11.6 Å². The summed E-state index contributed by atoms with van der Waals surface area (Å²) in [6, 6.07) is 15.9. The van der Waals surface area contributed by atoms with Gasteiger partial charge in [-0.15, -0.1) is 5.10 Å². The first-order chi connectivity index (χ1) is 16.9. The third-order valence-corrected chi connectivity index (χ3v) is 6.29. The number of halogens is 1. The molecule has 0 saturated carbocycles. The van der Waals surface area contributed by atoms with Gasteiger partial charge in [0, 0.05) is 28.5 Å². The number of carbonyl (C=O) groups excluding carboxylic acids is 1. The van der Waals surface area contributed by atoms with Crippen molar-refractivity contribution in [2.24, 2.45) is 0 Å². The molecular formula is C25H25ClN8O. The molecule has 3 N–H and O–H groups in total. The van der Waals surface area contributed by atoms with Crippen LogP contribution in [0.4, 0.5) is 11.9 Å². The monoisotopic (exact) mass is 488 g/mol. The molecule has 0 radical (unpaired) electrons. The van der Waals surface area contributed by atoms with Gasteiger partial charge in [0.15, 0.2) is 0 Å². The summed E-state index contributed by atoms with van der Waals surface area (Å²) in [5.41, 5.74) is 10.9. The smallest absolute Gasteiger partial charge is 0.254 e. The van der Waals surface area contributed by atoms with Crippen LogP contribution in [-0.2, 0) is 24.2 Å². The number of hydrogen-bond acceptors (Lipinski definition) is 6. The van der Waals surface area contributed by atoms with Gasteiger partial charge in [0.1, 0.15) is 0 Å². The number of nitrogens with zero attached hydrogens (tertiary/aromatic N) is 6. The Hall–Kier alpha value is -3.98. The Kier molecular flexibility index (Phi) is 6.08. The van der Waals surface area contributed by atoms with Crippen LogP contribution in [-0.4, -0.2) is 35.0 Å². The summed E-state index contributed by atoms with van der Waals surface area (Å²) in [5.74, 6) is 0.856. The van der Waals surface area contributed by atoms with E-state index in [9.17, 15) is 4.79 Å². The van der Waals surface area contributed by atoms with Gasteiger partial charge in [-0.25, -0.2) is 9.97 Å². The van der Waals surface area contributed by atoms with E-state index < -0.39 is 0 Å². The fourth-order valence-electron chi connectivity index (χ4n) is 4.32. The Labute approximate surface area is 207 Å². The predicted molar refractivity (Wildman–Crippen MR) is 137 cm³/mol. The molecule has 0 bridgehead atoms. The minimum atomic E-state index is -0.198. The lowest BCUT2D eigenvalue weighted by atomic mass is 10.1. The van der Waals surface area contributed by atoms with E-state index in [4.69, 9.17) is 17.3 Å². The standard InChI is InChI=1S/C25H25ClN8O/c1-15-19(16(2)34-25(28-15)31-23(27)32-34)14-22(35)30-24-29-20-13-18(26)10-11-21(20)33(24)12-6-9-17-7-4-3-5-8-17/h3-5,7-8,10-11,13H,6,9,12,14H2,1-2H3,(H2,27,32)(H,29,30,35). The van der Waals surface area contributed by atoms with Crippen molar-refractivity contribution < 1.29 is 4.79 Å². The topological polar surface area (TPSA) is 116 Å². The zero-order valence-corrected chi connectivity index (χ0v) is 20.3. The van der Waals surface area contributed by atoms with E-state index in [0.717, 1.165) is 35.1 Å². The molecule has 10 heteroatoms. The Morgan fingerprint density at radius 2 is 1.89 bits per heavy atom. The number of benzene rings is 2. The SMILES string of the molecule is Cc1nc2nc(N)nn2c(C)c1CC(=O)Nc1nc2cc(Cl)ccc2n1CCCc1ccccc1. The lowest BCUT2D eigenvalue weighted by molar-refractivity contribution is -0.115. The molecule has 0 fully saturated rings. The highest BCUT2D eigenvalue weighted by molar-refractivity contribution is 6.31.